The summed E-state index contributed by atoms with van der Waals surface area (Å²) in [5, 5.41) is 0.507. The summed E-state index contributed by atoms with van der Waals surface area (Å²) in [6, 6.07) is 6.70. The molecule has 2 fully saturated rings. The van der Waals surface area contributed by atoms with E-state index in [1.54, 1.807) is 17.0 Å². The third-order valence-electron chi connectivity index (χ3n) is 5.88. The van der Waals surface area contributed by atoms with Crippen LogP contribution in [0.3, 0.4) is 0 Å². The van der Waals surface area contributed by atoms with E-state index in [0.29, 0.717) is 43.8 Å². The number of nitrogens with zero attached hydrogens (tertiary/aromatic N) is 3. The Morgan fingerprint density at radius 2 is 1.61 bits per heavy atom. The third kappa shape index (κ3) is 5.26. The Morgan fingerprint density at radius 1 is 1.04 bits per heavy atom. The second-order valence-corrected chi connectivity index (χ2v) is 10.2. The molecule has 3 rings (SSSR count). The molecule has 0 unspecified atom stereocenters. The number of hydrogen-bond donors (Lipinski definition) is 0. The number of benzene rings is 1. The first-order valence-corrected chi connectivity index (χ1v) is 11.9. The molecule has 1 amide bonds. The van der Waals surface area contributed by atoms with Crippen molar-refractivity contribution in [3.8, 4) is 0 Å². The summed E-state index contributed by atoms with van der Waals surface area (Å²) in [5.41, 5.74) is 0. The zero-order valence-electron chi connectivity index (χ0n) is 16.5. The second-order valence-electron chi connectivity index (χ2n) is 7.80. The highest BCUT2D eigenvalue weighted by Gasteiger charge is 2.30. The molecular weight excluding hydrogens is 398 g/mol. The Balaban J connectivity index is 1.52. The first-order chi connectivity index (χ1) is 13.4. The number of hydrogen-bond acceptors (Lipinski definition) is 4. The largest absolute Gasteiger partial charge is 0.339 e. The molecule has 1 heterocycles. The fourth-order valence-electron chi connectivity index (χ4n) is 4.07. The molecule has 1 aromatic rings. The van der Waals surface area contributed by atoms with Gasteiger partial charge in [-0.3, -0.25) is 9.69 Å². The lowest BCUT2D eigenvalue weighted by molar-refractivity contribution is -0.133. The van der Waals surface area contributed by atoms with Crippen molar-refractivity contribution in [2.75, 3.05) is 39.8 Å². The van der Waals surface area contributed by atoms with Crippen LogP contribution < -0.4 is 0 Å². The number of piperazine rings is 1. The van der Waals surface area contributed by atoms with E-state index in [4.69, 9.17) is 11.6 Å². The van der Waals surface area contributed by atoms with Gasteiger partial charge in [0, 0.05) is 37.2 Å². The number of halogens is 1. The standard InChI is InChI=1S/C20H30ClN3O3S/c1-22(18-6-4-2-3-5-7-18)16-20(25)23-12-14-24(15-13-23)28(26,27)19-10-8-17(21)9-11-19/h8-11,18H,2-7,12-16H2,1H3. The molecule has 2 aliphatic rings. The summed E-state index contributed by atoms with van der Waals surface area (Å²) in [4.78, 5) is 16.9. The molecule has 156 valence electrons. The molecule has 1 aromatic carbocycles. The van der Waals surface area contributed by atoms with E-state index in [9.17, 15) is 13.2 Å². The van der Waals surface area contributed by atoms with Gasteiger partial charge in [0.1, 0.15) is 0 Å². The molecule has 0 radical (unpaired) electrons. The summed E-state index contributed by atoms with van der Waals surface area (Å²) in [7, 11) is -1.51. The number of carbonyl (C=O) groups excluding carboxylic acids is 1. The van der Waals surface area contributed by atoms with E-state index in [1.807, 2.05) is 7.05 Å². The minimum atomic E-state index is -3.55. The zero-order chi connectivity index (χ0) is 20.1. The minimum Gasteiger partial charge on any atom is -0.339 e. The van der Waals surface area contributed by atoms with E-state index in [-0.39, 0.29) is 10.8 Å². The monoisotopic (exact) mass is 427 g/mol. The normalized spacial score (nSPS) is 20.3. The number of rotatable bonds is 5. The van der Waals surface area contributed by atoms with Crippen molar-refractivity contribution >= 4 is 27.5 Å². The first kappa shape index (κ1) is 21.6. The van der Waals surface area contributed by atoms with Crippen LogP contribution in [0.2, 0.25) is 5.02 Å². The molecule has 0 N–H and O–H groups in total. The van der Waals surface area contributed by atoms with Crippen LogP contribution in [0.1, 0.15) is 38.5 Å². The Kier molecular flexibility index (Phi) is 7.36. The van der Waals surface area contributed by atoms with Crippen LogP contribution in [0, 0.1) is 0 Å². The molecular formula is C20H30ClN3O3S. The molecule has 1 saturated heterocycles. The average Bonchev–Trinajstić information content (AvgIpc) is 2.98. The summed E-state index contributed by atoms with van der Waals surface area (Å²) >= 11 is 5.85. The molecule has 0 aromatic heterocycles. The van der Waals surface area contributed by atoms with Crippen molar-refractivity contribution in [1.82, 2.24) is 14.1 Å². The van der Waals surface area contributed by atoms with Gasteiger partial charge in [0.25, 0.3) is 0 Å². The molecule has 1 aliphatic carbocycles. The van der Waals surface area contributed by atoms with E-state index < -0.39 is 10.0 Å². The third-order valence-corrected chi connectivity index (χ3v) is 8.04. The van der Waals surface area contributed by atoms with Gasteiger partial charge in [-0.1, -0.05) is 37.3 Å². The van der Waals surface area contributed by atoms with Crippen molar-refractivity contribution in [1.29, 1.82) is 0 Å². The highest BCUT2D eigenvalue weighted by atomic mass is 35.5. The summed E-state index contributed by atoms with van der Waals surface area (Å²) < 4.78 is 27.0. The predicted molar refractivity (Wildman–Crippen MR) is 111 cm³/mol. The van der Waals surface area contributed by atoms with Crippen molar-refractivity contribution in [3.05, 3.63) is 29.3 Å². The van der Waals surface area contributed by atoms with Crippen molar-refractivity contribution in [2.45, 2.75) is 49.5 Å². The van der Waals surface area contributed by atoms with Crippen molar-refractivity contribution in [3.63, 3.8) is 0 Å². The highest BCUT2D eigenvalue weighted by molar-refractivity contribution is 7.89. The number of carbonyl (C=O) groups is 1. The molecule has 0 spiro atoms. The van der Waals surface area contributed by atoms with Gasteiger partial charge in [-0.2, -0.15) is 4.31 Å². The van der Waals surface area contributed by atoms with Gasteiger partial charge in [-0.15, -0.1) is 0 Å². The van der Waals surface area contributed by atoms with Gasteiger partial charge >= 0.3 is 0 Å². The van der Waals surface area contributed by atoms with Crippen LogP contribution in [-0.4, -0.2) is 74.2 Å². The number of amides is 1. The lowest BCUT2D eigenvalue weighted by Crippen LogP contribution is -2.52. The molecule has 8 heteroatoms. The predicted octanol–water partition coefficient (Wildman–Crippen LogP) is 2.83. The van der Waals surface area contributed by atoms with Crippen LogP contribution in [0.4, 0.5) is 0 Å². The average molecular weight is 428 g/mol. The topological polar surface area (TPSA) is 60.9 Å². The smallest absolute Gasteiger partial charge is 0.243 e. The fraction of sp³-hybridized carbons (Fsp3) is 0.650. The quantitative estimate of drug-likeness (QED) is 0.678. The van der Waals surface area contributed by atoms with Crippen LogP contribution >= 0.6 is 11.6 Å². The molecule has 0 atom stereocenters. The van der Waals surface area contributed by atoms with Gasteiger partial charge in [0.05, 0.1) is 11.4 Å². The van der Waals surface area contributed by atoms with Crippen molar-refractivity contribution < 1.29 is 13.2 Å². The van der Waals surface area contributed by atoms with Crippen LogP contribution in [0.25, 0.3) is 0 Å². The Bertz CT molecular complexity index is 753. The number of sulfonamides is 1. The SMILES string of the molecule is CN(CC(=O)N1CCN(S(=O)(=O)c2ccc(Cl)cc2)CC1)C1CCCCCC1. The van der Waals surface area contributed by atoms with Crippen molar-refractivity contribution in [2.24, 2.45) is 0 Å². The lowest BCUT2D eigenvalue weighted by atomic mass is 10.1. The summed E-state index contributed by atoms with van der Waals surface area (Å²) in [6.45, 7) is 1.93. The van der Waals surface area contributed by atoms with E-state index in [0.717, 1.165) is 12.8 Å². The van der Waals surface area contributed by atoms with Gasteiger partial charge in [0.15, 0.2) is 0 Å². The Morgan fingerprint density at radius 3 is 2.18 bits per heavy atom. The lowest BCUT2D eigenvalue weighted by Gasteiger charge is -2.35. The fourth-order valence-corrected chi connectivity index (χ4v) is 5.62. The highest BCUT2D eigenvalue weighted by Crippen LogP contribution is 2.22. The molecule has 0 bridgehead atoms. The maximum absolute atomic E-state index is 12.8. The van der Waals surface area contributed by atoms with Gasteiger partial charge < -0.3 is 4.90 Å². The summed E-state index contributed by atoms with van der Waals surface area (Å²) in [5.74, 6) is 0.0929. The van der Waals surface area contributed by atoms with Crippen LogP contribution in [0.15, 0.2) is 29.2 Å². The van der Waals surface area contributed by atoms with Gasteiger partial charge in [0.2, 0.25) is 15.9 Å². The molecule has 28 heavy (non-hydrogen) atoms. The maximum atomic E-state index is 12.8. The first-order valence-electron chi connectivity index (χ1n) is 10.1. The Labute approximate surface area is 173 Å². The molecule has 1 aliphatic heterocycles. The van der Waals surface area contributed by atoms with Gasteiger partial charge in [-0.25, -0.2) is 8.42 Å². The van der Waals surface area contributed by atoms with Gasteiger partial charge in [-0.05, 0) is 44.2 Å². The maximum Gasteiger partial charge on any atom is 0.243 e. The second kappa shape index (κ2) is 9.57. The Hall–Kier alpha value is -1.15. The van der Waals surface area contributed by atoms with E-state index in [1.165, 1.54) is 42.1 Å². The minimum absolute atomic E-state index is 0.0929. The zero-order valence-corrected chi connectivity index (χ0v) is 18.1. The van der Waals surface area contributed by atoms with Crippen LogP contribution in [-0.2, 0) is 14.8 Å². The van der Waals surface area contributed by atoms with Crippen LogP contribution in [0.5, 0.6) is 0 Å². The van der Waals surface area contributed by atoms with E-state index in [2.05, 4.69) is 4.90 Å². The van der Waals surface area contributed by atoms with E-state index >= 15 is 0 Å². The molecule has 1 saturated carbocycles. The molecule has 6 nitrogen and oxygen atoms in total. The summed E-state index contributed by atoms with van der Waals surface area (Å²) in [6.07, 6.45) is 7.40. The number of likely N-dealkylation sites (N-methyl/N-ethyl adjacent to an activating group) is 1.